The van der Waals surface area contributed by atoms with Gasteiger partial charge in [0.2, 0.25) is 0 Å². The van der Waals surface area contributed by atoms with E-state index in [0.717, 1.165) is 36.3 Å². The summed E-state index contributed by atoms with van der Waals surface area (Å²) in [7, 11) is 0. The van der Waals surface area contributed by atoms with E-state index in [1.807, 2.05) is 0 Å². The fourth-order valence-electron chi connectivity index (χ4n) is 2.86. The van der Waals surface area contributed by atoms with E-state index in [9.17, 15) is 0 Å². The molecule has 0 radical (unpaired) electrons. The van der Waals surface area contributed by atoms with Gasteiger partial charge in [-0.05, 0) is 40.5 Å². The average molecular weight is 465 g/mol. The lowest BCUT2D eigenvalue weighted by atomic mass is 10.1. The van der Waals surface area contributed by atoms with Crippen LogP contribution in [-0.4, -0.2) is 47.6 Å². The Morgan fingerprint density at radius 1 is 1.38 bits per heavy atom. The minimum Gasteiger partial charge on any atom is -0.357 e. The summed E-state index contributed by atoms with van der Waals surface area (Å²) in [6.45, 7) is 16.9. The fraction of sp³-hybridized carbons (Fsp3) is 0.765. The Bertz CT molecular complexity index is 524. The Morgan fingerprint density at radius 2 is 2.08 bits per heavy atom. The molecule has 1 aliphatic rings. The minimum absolute atomic E-state index is 0. The second-order valence-corrected chi connectivity index (χ2v) is 8.01. The highest BCUT2D eigenvalue weighted by Crippen LogP contribution is 2.19. The summed E-state index contributed by atoms with van der Waals surface area (Å²) < 4.78 is 0. The Labute approximate surface area is 167 Å². The van der Waals surface area contributed by atoms with Crippen LogP contribution in [0.1, 0.15) is 43.3 Å². The molecule has 138 valence electrons. The van der Waals surface area contributed by atoms with Crippen LogP contribution in [0.4, 0.5) is 0 Å². The van der Waals surface area contributed by atoms with Crippen molar-refractivity contribution >= 4 is 41.3 Å². The molecule has 1 aromatic rings. The summed E-state index contributed by atoms with van der Waals surface area (Å²) in [5.41, 5.74) is 1.12. The summed E-state index contributed by atoms with van der Waals surface area (Å²) >= 11 is 1.74. The maximum absolute atomic E-state index is 4.73. The predicted molar refractivity (Wildman–Crippen MR) is 115 cm³/mol. The molecule has 1 saturated heterocycles. The molecule has 2 N–H and O–H groups in total. The molecule has 0 amide bonds. The molecule has 2 heterocycles. The number of halogens is 1. The van der Waals surface area contributed by atoms with Gasteiger partial charge in [0.1, 0.15) is 5.01 Å². The maximum atomic E-state index is 4.73. The van der Waals surface area contributed by atoms with E-state index >= 15 is 0 Å². The Hall–Kier alpha value is -0.410. The molecular weight excluding hydrogens is 433 g/mol. The van der Waals surface area contributed by atoms with E-state index < -0.39 is 0 Å². The molecule has 24 heavy (non-hydrogen) atoms. The van der Waals surface area contributed by atoms with Gasteiger partial charge in [-0.1, -0.05) is 6.92 Å². The number of guanidine groups is 1. The summed E-state index contributed by atoms with van der Waals surface area (Å²) in [4.78, 5) is 13.1. The number of likely N-dealkylation sites (tertiary alicyclic amines) is 1. The van der Waals surface area contributed by atoms with Gasteiger partial charge in [0, 0.05) is 36.6 Å². The zero-order valence-corrected chi connectivity index (χ0v) is 18.9. The van der Waals surface area contributed by atoms with Crippen molar-refractivity contribution < 1.29 is 0 Å². The highest BCUT2D eigenvalue weighted by atomic mass is 127. The third kappa shape index (κ3) is 5.84. The highest BCUT2D eigenvalue weighted by Gasteiger charge is 2.31. The predicted octanol–water partition coefficient (Wildman–Crippen LogP) is 3.16. The third-order valence-corrected chi connectivity index (χ3v) is 5.54. The van der Waals surface area contributed by atoms with Crippen molar-refractivity contribution in [2.45, 2.75) is 60.2 Å². The van der Waals surface area contributed by atoms with Gasteiger partial charge >= 0.3 is 0 Å². The monoisotopic (exact) mass is 465 g/mol. The zero-order chi connectivity index (χ0) is 17.0. The summed E-state index contributed by atoms with van der Waals surface area (Å²) in [6.07, 6.45) is 0. The molecule has 0 bridgehead atoms. The smallest absolute Gasteiger partial charge is 0.191 e. The lowest BCUT2D eigenvalue weighted by Crippen LogP contribution is -2.46. The fourth-order valence-corrected chi connectivity index (χ4v) is 3.72. The Balaban J connectivity index is 0.00000288. The number of thiazole rings is 1. The lowest BCUT2D eigenvalue weighted by molar-refractivity contribution is 0.265. The number of nitrogens with one attached hydrogen (secondary N) is 2. The van der Waals surface area contributed by atoms with Crippen LogP contribution in [0, 0.1) is 19.8 Å². The molecule has 1 aliphatic heterocycles. The van der Waals surface area contributed by atoms with Crippen LogP contribution >= 0.6 is 35.3 Å². The van der Waals surface area contributed by atoms with E-state index in [1.54, 1.807) is 11.3 Å². The number of hydrogen-bond donors (Lipinski definition) is 2. The van der Waals surface area contributed by atoms with Crippen LogP contribution < -0.4 is 10.6 Å². The number of aliphatic imine (C=N–C) groups is 1. The third-order valence-electron chi connectivity index (χ3n) is 4.48. The molecule has 1 fully saturated rings. The summed E-state index contributed by atoms with van der Waals surface area (Å²) in [5, 5.41) is 8.06. The van der Waals surface area contributed by atoms with Crippen LogP contribution in [-0.2, 0) is 6.54 Å². The van der Waals surface area contributed by atoms with Crippen molar-refractivity contribution in [3.63, 3.8) is 0 Å². The lowest BCUT2D eigenvalue weighted by Gasteiger charge is -2.21. The normalized spacial score (nSPS) is 21.9. The molecule has 0 aliphatic carbocycles. The zero-order valence-electron chi connectivity index (χ0n) is 15.7. The molecule has 7 heteroatoms. The second kappa shape index (κ2) is 9.91. The number of nitrogens with zero attached hydrogens (tertiary/aromatic N) is 3. The van der Waals surface area contributed by atoms with Gasteiger partial charge < -0.3 is 10.6 Å². The number of rotatable bonds is 5. The largest absolute Gasteiger partial charge is 0.357 e. The van der Waals surface area contributed by atoms with Crippen LogP contribution in [0.5, 0.6) is 0 Å². The first-order valence-electron chi connectivity index (χ1n) is 8.62. The number of aromatic nitrogens is 1. The van der Waals surface area contributed by atoms with Gasteiger partial charge in [-0.2, -0.15) is 0 Å². The van der Waals surface area contributed by atoms with Gasteiger partial charge in [-0.3, -0.25) is 4.90 Å². The van der Waals surface area contributed by atoms with E-state index in [0.29, 0.717) is 24.5 Å². The van der Waals surface area contributed by atoms with E-state index in [-0.39, 0.29) is 24.0 Å². The molecule has 0 spiro atoms. The highest BCUT2D eigenvalue weighted by molar-refractivity contribution is 14.0. The van der Waals surface area contributed by atoms with Crippen molar-refractivity contribution in [1.29, 1.82) is 0 Å². The van der Waals surface area contributed by atoms with Gasteiger partial charge in [0.25, 0.3) is 0 Å². The van der Waals surface area contributed by atoms with Crippen molar-refractivity contribution in [3.8, 4) is 0 Å². The van der Waals surface area contributed by atoms with Gasteiger partial charge in [0.15, 0.2) is 5.96 Å². The Kier molecular flexibility index (Phi) is 8.94. The second-order valence-electron chi connectivity index (χ2n) is 6.72. The van der Waals surface area contributed by atoms with Gasteiger partial charge in [-0.15, -0.1) is 35.3 Å². The first kappa shape index (κ1) is 21.6. The van der Waals surface area contributed by atoms with E-state index in [2.05, 4.69) is 62.1 Å². The van der Waals surface area contributed by atoms with Crippen LogP contribution in [0.15, 0.2) is 4.99 Å². The molecule has 2 atom stereocenters. The summed E-state index contributed by atoms with van der Waals surface area (Å²) in [5.74, 6) is 1.53. The van der Waals surface area contributed by atoms with Crippen molar-refractivity contribution in [2.75, 3.05) is 19.6 Å². The molecule has 2 rings (SSSR count). The first-order chi connectivity index (χ1) is 10.9. The molecule has 0 saturated carbocycles. The minimum atomic E-state index is 0. The first-order valence-corrected chi connectivity index (χ1v) is 9.44. The molecule has 0 aromatic carbocycles. The van der Waals surface area contributed by atoms with E-state index in [1.165, 1.54) is 4.88 Å². The average Bonchev–Trinajstić information content (AvgIpc) is 3.00. The van der Waals surface area contributed by atoms with Crippen LogP contribution in [0.2, 0.25) is 0 Å². The molecule has 1 aromatic heterocycles. The number of aryl methyl sites for hydroxylation is 2. The standard InChI is InChI=1S/C17H31N5S.HI/c1-7-18-17(19-8-16-20-13(5)14(6)23-16)21-15-10-22(11(2)3)9-12(15)4;/h11-12,15H,7-10H2,1-6H3,(H2,18,19,21);1H. The van der Waals surface area contributed by atoms with Crippen molar-refractivity contribution in [2.24, 2.45) is 10.9 Å². The van der Waals surface area contributed by atoms with Gasteiger partial charge in [-0.25, -0.2) is 9.98 Å². The topological polar surface area (TPSA) is 52.6 Å². The summed E-state index contributed by atoms with van der Waals surface area (Å²) in [6, 6.07) is 1.06. The van der Waals surface area contributed by atoms with Gasteiger partial charge in [0.05, 0.1) is 12.2 Å². The van der Waals surface area contributed by atoms with E-state index in [4.69, 9.17) is 4.99 Å². The van der Waals surface area contributed by atoms with Crippen LogP contribution in [0.3, 0.4) is 0 Å². The molecular formula is C17H32IN5S. The quantitative estimate of drug-likeness (QED) is 0.399. The molecule has 5 nitrogen and oxygen atoms in total. The van der Waals surface area contributed by atoms with Crippen LogP contribution in [0.25, 0.3) is 0 Å². The number of hydrogen-bond acceptors (Lipinski definition) is 4. The van der Waals surface area contributed by atoms with Crippen molar-refractivity contribution in [1.82, 2.24) is 20.5 Å². The van der Waals surface area contributed by atoms with Crippen molar-refractivity contribution in [3.05, 3.63) is 15.6 Å². The Morgan fingerprint density at radius 3 is 2.58 bits per heavy atom. The SMILES string of the molecule is CCNC(=NCc1nc(C)c(C)s1)NC1CN(C(C)C)CC1C.I. The maximum Gasteiger partial charge on any atom is 0.191 e. The molecule has 2 unspecified atom stereocenters.